The summed E-state index contributed by atoms with van der Waals surface area (Å²) in [5.41, 5.74) is 2.13. The van der Waals surface area contributed by atoms with Crippen LogP contribution >= 0.6 is 0 Å². The predicted octanol–water partition coefficient (Wildman–Crippen LogP) is 2.25. The van der Waals surface area contributed by atoms with Crippen molar-refractivity contribution in [3.05, 3.63) is 35.4 Å². The van der Waals surface area contributed by atoms with Gasteiger partial charge >= 0.3 is 0 Å². The minimum Gasteiger partial charge on any atom is -0.354 e. The Morgan fingerprint density at radius 1 is 1.17 bits per heavy atom. The van der Waals surface area contributed by atoms with Crippen LogP contribution in [0.3, 0.4) is 0 Å². The lowest BCUT2D eigenvalue weighted by atomic mass is 9.95. The van der Waals surface area contributed by atoms with E-state index in [4.69, 9.17) is 0 Å². The number of carbonyl (C=O) groups is 1. The minimum absolute atomic E-state index is 0.0732. The van der Waals surface area contributed by atoms with Crippen molar-refractivity contribution in [2.75, 3.05) is 19.3 Å². The molecule has 0 radical (unpaired) electrons. The number of amides is 1. The number of rotatable bonds is 7. The third-order valence-electron chi connectivity index (χ3n) is 4.55. The number of hydrogen-bond acceptors (Lipinski definition) is 3. The average Bonchev–Trinajstić information content (AvgIpc) is 2.53. The monoisotopic (exact) mass is 352 g/mol. The third-order valence-corrected chi connectivity index (χ3v) is 5.88. The second kappa shape index (κ2) is 8.62. The molecule has 0 aliphatic heterocycles. The molecule has 0 unspecified atom stereocenters. The van der Waals surface area contributed by atoms with E-state index in [-0.39, 0.29) is 11.9 Å². The molecule has 6 heteroatoms. The third kappa shape index (κ3) is 5.91. The summed E-state index contributed by atoms with van der Waals surface area (Å²) in [6, 6.07) is 7.94. The van der Waals surface area contributed by atoms with Crippen LogP contribution in [0.15, 0.2) is 24.3 Å². The Bertz CT molecular complexity index is 635. The Hall–Kier alpha value is -1.40. The summed E-state index contributed by atoms with van der Waals surface area (Å²) in [4.78, 5) is 12.0. The zero-order valence-electron chi connectivity index (χ0n) is 14.6. The Morgan fingerprint density at radius 3 is 2.38 bits per heavy atom. The summed E-state index contributed by atoms with van der Waals surface area (Å²) >= 11 is 0. The molecule has 1 aromatic rings. The Morgan fingerprint density at radius 2 is 1.79 bits per heavy atom. The molecule has 134 valence electrons. The summed E-state index contributed by atoms with van der Waals surface area (Å²) in [5.74, 6) is -0.0732. The summed E-state index contributed by atoms with van der Waals surface area (Å²) in [7, 11) is -3.24. The fourth-order valence-corrected chi connectivity index (χ4v) is 4.42. The number of sulfonamides is 1. The first kappa shape index (κ1) is 18.9. The van der Waals surface area contributed by atoms with Crippen molar-refractivity contribution in [1.82, 2.24) is 9.62 Å². The van der Waals surface area contributed by atoms with Crippen molar-refractivity contribution in [2.45, 2.75) is 51.5 Å². The van der Waals surface area contributed by atoms with E-state index in [0.29, 0.717) is 19.5 Å². The van der Waals surface area contributed by atoms with Crippen molar-refractivity contribution >= 4 is 15.9 Å². The van der Waals surface area contributed by atoms with Crippen LogP contribution in [0.4, 0.5) is 0 Å². The summed E-state index contributed by atoms with van der Waals surface area (Å²) in [5, 5.41) is 2.84. The van der Waals surface area contributed by atoms with Crippen molar-refractivity contribution in [3.63, 3.8) is 0 Å². The van der Waals surface area contributed by atoms with Gasteiger partial charge in [0.2, 0.25) is 15.9 Å². The van der Waals surface area contributed by atoms with Gasteiger partial charge < -0.3 is 5.32 Å². The SMILES string of the molecule is Cc1ccc(CC(=O)NCCN(C2CCCCC2)S(C)(=O)=O)cc1. The van der Waals surface area contributed by atoms with Crippen LogP contribution in [0.1, 0.15) is 43.2 Å². The molecule has 24 heavy (non-hydrogen) atoms. The van der Waals surface area contributed by atoms with Gasteiger partial charge in [0.1, 0.15) is 0 Å². The van der Waals surface area contributed by atoms with Gasteiger partial charge in [-0.15, -0.1) is 0 Å². The molecule has 1 aliphatic carbocycles. The molecule has 1 saturated carbocycles. The molecule has 0 bridgehead atoms. The van der Waals surface area contributed by atoms with Crippen LogP contribution in [-0.2, 0) is 21.2 Å². The molecule has 1 aromatic carbocycles. The Balaban J connectivity index is 1.83. The van der Waals surface area contributed by atoms with Crippen LogP contribution < -0.4 is 5.32 Å². The van der Waals surface area contributed by atoms with Gasteiger partial charge in [0.05, 0.1) is 12.7 Å². The van der Waals surface area contributed by atoms with Gasteiger partial charge in [-0.1, -0.05) is 49.1 Å². The van der Waals surface area contributed by atoms with Crippen LogP contribution in [0.5, 0.6) is 0 Å². The Kier molecular flexibility index (Phi) is 6.80. The largest absolute Gasteiger partial charge is 0.354 e. The summed E-state index contributed by atoms with van der Waals surface area (Å²) in [6.45, 7) is 2.71. The second-order valence-corrected chi connectivity index (χ2v) is 8.61. The molecule has 1 N–H and O–H groups in total. The maximum Gasteiger partial charge on any atom is 0.224 e. The van der Waals surface area contributed by atoms with Crippen molar-refractivity contribution < 1.29 is 13.2 Å². The lowest BCUT2D eigenvalue weighted by molar-refractivity contribution is -0.120. The molecule has 0 heterocycles. The van der Waals surface area contributed by atoms with E-state index in [1.54, 1.807) is 4.31 Å². The topological polar surface area (TPSA) is 66.5 Å². The fourth-order valence-electron chi connectivity index (χ4n) is 3.25. The molecular formula is C18H28N2O3S. The first-order chi connectivity index (χ1) is 11.4. The zero-order valence-corrected chi connectivity index (χ0v) is 15.4. The lowest BCUT2D eigenvalue weighted by Crippen LogP contribution is -2.45. The number of aryl methyl sites for hydroxylation is 1. The summed E-state index contributed by atoms with van der Waals surface area (Å²) in [6.07, 6.45) is 6.77. The van der Waals surface area contributed by atoms with E-state index in [1.807, 2.05) is 31.2 Å². The average molecular weight is 352 g/mol. The van der Waals surface area contributed by atoms with Gasteiger partial charge in [-0.2, -0.15) is 4.31 Å². The molecule has 0 atom stereocenters. The molecule has 2 rings (SSSR count). The molecule has 1 aliphatic rings. The molecule has 1 fully saturated rings. The number of benzene rings is 1. The first-order valence-electron chi connectivity index (χ1n) is 8.65. The van der Waals surface area contributed by atoms with Crippen LogP contribution in [0.25, 0.3) is 0 Å². The first-order valence-corrected chi connectivity index (χ1v) is 10.5. The van der Waals surface area contributed by atoms with E-state index in [1.165, 1.54) is 12.7 Å². The standard InChI is InChI=1S/C18H28N2O3S/c1-15-8-10-16(11-9-15)14-18(21)19-12-13-20(24(2,22)23)17-6-4-3-5-7-17/h8-11,17H,3-7,12-14H2,1-2H3,(H,19,21). The highest BCUT2D eigenvalue weighted by atomic mass is 32.2. The number of nitrogens with zero attached hydrogens (tertiary/aromatic N) is 1. The number of carbonyl (C=O) groups excluding carboxylic acids is 1. The molecule has 0 spiro atoms. The highest BCUT2D eigenvalue weighted by molar-refractivity contribution is 7.88. The highest BCUT2D eigenvalue weighted by Gasteiger charge is 2.27. The maximum absolute atomic E-state index is 12.0. The fraction of sp³-hybridized carbons (Fsp3) is 0.611. The smallest absolute Gasteiger partial charge is 0.224 e. The van der Waals surface area contributed by atoms with Gasteiger partial charge in [0, 0.05) is 19.1 Å². The quantitative estimate of drug-likeness (QED) is 0.818. The highest BCUT2D eigenvalue weighted by Crippen LogP contribution is 2.24. The normalized spacial score (nSPS) is 16.3. The van der Waals surface area contributed by atoms with Gasteiger partial charge in [0.15, 0.2) is 0 Å². The van der Waals surface area contributed by atoms with E-state index in [2.05, 4.69) is 5.32 Å². The van der Waals surface area contributed by atoms with Crippen molar-refractivity contribution in [1.29, 1.82) is 0 Å². The van der Waals surface area contributed by atoms with Crippen molar-refractivity contribution in [2.24, 2.45) is 0 Å². The van der Waals surface area contributed by atoms with Crippen LogP contribution in [0, 0.1) is 6.92 Å². The Labute approximate surface area is 145 Å². The van der Waals surface area contributed by atoms with E-state index in [0.717, 1.165) is 36.8 Å². The minimum atomic E-state index is -3.24. The molecular weight excluding hydrogens is 324 g/mol. The van der Waals surface area contributed by atoms with E-state index in [9.17, 15) is 13.2 Å². The zero-order chi connectivity index (χ0) is 17.6. The van der Waals surface area contributed by atoms with Gasteiger partial charge in [0.25, 0.3) is 0 Å². The lowest BCUT2D eigenvalue weighted by Gasteiger charge is -2.32. The van der Waals surface area contributed by atoms with E-state index < -0.39 is 10.0 Å². The van der Waals surface area contributed by atoms with E-state index >= 15 is 0 Å². The molecule has 0 aromatic heterocycles. The van der Waals surface area contributed by atoms with Crippen LogP contribution in [-0.4, -0.2) is 44.0 Å². The van der Waals surface area contributed by atoms with Gasteiger partial charge in [-0.25, -0.2) is 8.42 Å². The van der Waals surface area contributed by atoms with Gasteiger partial charge in [-0.3, -0.25) is 4.79 Å². The number of hydrogen-bond donors (Lipinski definition) is 1. The molecule has 5 nitrogen and oxygen atoms in total. The van der Waals surface area contributed by atoms with Crippen LogP contribution in [0.2, 0.25) is 0 Å². The molecule has 0 saturated heterocycles. The summed E-state index contributed by atoms with van der Waals surface area (Å²) < 4.78 is 25.7. The van der Waals surface area contributed by atoms with Crippen molar-refractivity contribution in [3.8, 4) is 0 Å². The molecule has 1 amide bonds. The van der Waals surface area contributed by atoms with Gasteiger partial charge in [-0.05, 0) is 25.3 Å². The second-order valence-electron chi connectivity index (χ2n) is 6.68. The maximum atomic E-state index is 12.0. The number of nitrogens with one attached hydrogen (secondary N) is 1. The predicted molar refractivity (Wildman–Crippen MR) is 96.3 cm³/mol.